The van der Waals surface area contributed by atoms with E-state index in [-0.39, 0.29) is 11.8 Å². The molecule has 0 unspecified atom stereocenters. The van der Waals surface area contributed by atoms with Gasteiger partial charge in [0, 0.05) is 24.4 Å². The van der Waals surface area contributed by atoms with Crippen molar-refractivity contribution >= 4 is 5.91 Å². The van der Waals surface area contributed by atoms with Crippen LogP contribution in [0, 0.1) is 5.92 Å². The van der Waals surface area contributed by atoms with Gasteiger partial charge in [-0.3, -0.25) is 4.79 Å². The molecule has 1 amide bonds. The first-order chi connectivity index (χ1) is 9.34. The van der Waals surface area contributed by atoms with E-state index in [1.807, 2.05) is 18.7 Å². The highest BCUT2D eigenvalue weighted by Crippen LogP contribution is 2.31. The molecule has 0 aliphatic heterocycles. The molecule has 2 aliphatic carbocycles. The van der Waals surface area contributed by atoms with Crippen molar-refractivity contribution in [1.29, 1.82) is 0 Å². The van der Waals surface area contributed by atoms with Crippen LogP contribution in [0.1, 0.15) is 57.4 Å². The Hall–Kier alpha value is -1.32. The molecule has 0 radical (unpaired) electrons. The first kappa shape index (κ1) is 12.7. The molecule has 1 N–H and O–H groups in total. The van der Waals surface area contributed by atoms with Gasteiger partial charge in [0.25, 0.3) is 0 Å². The van der Waals surface area contributed by atoms with E-state index in [1.54, 1.807) is 0 Å². The van der Waals surface area contributed by atoms with Crippen molar-refractivity contribution in [3.8, 4) is 0 Å². The number of amides is 1. The highest BCUT2D eigenvalue weighted by Gasteiger charge is 2.31. The van der Waals surface area contributed by atoms with E-state index in [2.05, 4.69) is 14.9 Å². The van der Waals surface area contributed by atoms with Crippen LogP contribution in [0.2, 0.25) is 0 Å². The third-order valence-electron chi connectivity index (χ3n) is 4.69. The summed E-state index contributed by atoms with van der Waals surface area (Å²) in [5.74, 6) is 0.550. The molecule has 19 heavy (non-hydrogen) atoms. The van der Waals surface area contributed by atoms with E-state index >= 15 is 0 Å². The van der Waals surface area contributed by atoms with E-state index in [0.717, 1.165) is 25.7 Å². The molecule has 0 aromatic carbocycles. The molecule has 3 rings (SSSR count). The van der Waals surface area contributed by atoms with Gasteiger partial charge in [-0.05, 0) is 32.1 Å². The zero-order valence-corrected chi connectivity index (χ0v) is 11.4. The maximum Gasteiger partial charge on any atom is 0.223 e. The van der Waals surface area contributed by atoms with E-state index in [0.29, 0.717) is 12.1 Å². The average molecular weight is 261 g/mol. The summed E-state index contributed by atoms with van der Waals surface area (Å²) in [5.41, 5.74) is 0. The molecule has 0 bridgehead atoms. The fourth-order valence-corrected chi connectivity index (χ4v) is 3.60. The minimum absolute atomic E-state index is 0.262. The zero-order valence-electron chi connectivity index (χ0n) is 11.4. The van der Waals surface area contributed by atoms with Crippen LogP contribution in [0.5, 0.6) is 0 Å². The van der Waals surface area contributed by atoms with Gasteiger partial charge in [0.05, 0.1) is 12.4 Å². The van der Waals surface area contributed by atoms with E-state index in [9.17, 15) is 4.79 Å². The van der Waals surface area contributed by atoms with Gasteiger partial charge >= 0.3 is 0 Å². The number of rotatable bonds is 3. The molecular formula is C15H23N3O. The molecule has 104 valence electrons. The third kappa shape index (κ3) is 2.82. The second-order valence-electron chi connectivity index (χ2n) is 5.96. The molecule has 1 heterocycles. The number of nitrogens with one attached hydrogen (secondary N) is 1. The van der Waals surface area contributed by atoms with Crippen LogP contribution in [0.25, 0.3) is 0 Å². The van der Waals surface area contributed by atoms with Gasteiger partial charge in [-0.15, -0.1) is 0 Å². The van der Waals surface area contributed by atoms with E-state index < -0.39 is 0 Å². The van der Waals surface area contributed by atoms with E-state index in [4.69, 9.17) is 0 Å². The summed E-state index contributed by atoms with van der Waals surface area (Å²) >= 11 is 0. The quantitative estimate of drug-likeness (QED) is 0.909. The lowest BCUT2D eigenvalue weighted by Crippen LogP contribution is -2.41. The highest BCUT2D eigenvalue weighted by molar-refractivity contribution is 5.79. The summed E-state index contributed by atoms with van der Waals surface area (Å²) in [5, 5.41) is 3.30. The lowest BCUT2D eigenvalue weighted by atomic mass is 9.88. The molecule has 2 saturated carbocycles. The monoisotopic (exact) mass is 261 g/mol. The maximum absolute atomic E-state index is 12.3. The topological polar surface area (TPSA) is 46.9 Å². The molecule has 1 aromatic heterocycles. The summed E-state index contributed by atoms with van der Waals surface area (Å²) in [6.07, 6.45) is 15.0. The van der Waals surface area contributed by atoms with Crippen molar-refractivity contribution in [2.45, 2.75) is 63.5 Å². The largest absolute Gasteiger partial charge is 0.351 e. The Kier molecular flexibility index (Phi) is 3.85. The summed E-state index contributed by atoms with van der Waals surface area (Å²) in [7, 11) is 0. The number of carbonyl (C=O) groups excluding carboxylic acids is 1. The predicted molar refractivity (Wildman–Crippen MR) is 73.6 cm³/mol. The molecule has 0 spiro atoms. The van der Waals surface area contributed by atoms with Crippen LogP contribution in [0.3, 0.4) is 0 Å². The Morgan fingerprint density at radius 1 is 1.11 bits per heavy atom. The van der Waals surface area contributed by atoms with Crippen LogP contribution in [0.4, 0.5) is 0 Å². The van der Waals surface area contributed by atoms with Gasteiger partial charge in [0.2, 0.25) is 5.91 Å². The number of nitrogens with zero attached hydrogens (tertiary/aromatic N) is 2. The van der Waals surface area contributed by atoms with Crippen LogP contribution in [0.15, 0.2) is 18.7 Å². The summed E-state index contributed by atoms with van der Waals surface area (Å²) in [6.45, 7) is 0. The number of carbonyl (C=O) groups is 1. The first-order valence-corrected chi connectivity index (χ1v) is 7.62. The summed E-state index contributed by atoms with van der Waals surface area (Å²) in [6, 6.07) is 0.693. The minimum atomic E-state index is 0.262. The second kappa shape index (κ2) is 5.76. The van der Waals surface area contributed by atoms with Crippen molar-refractivity contribution in [3.63, 3.8) is 0 Å². The maximum atomic E-state index is 12.3. The van der Waals surface area contributed by atoms with Crippen molar-refractivity contribution in [2.75, 3.05) is 0 Å². The molecule has 2 aliphatic rings. The minimum Gasteiger partial charge on any atom is -0.351 e. The molecule has 4 nitrogen and oxygen atoms in total. The summed E-state index contributed by atoms with van der Waals surface area (Å²) in [4.78, 5) is 16.5. The van der Waals surface area contributed by atoms with Crippen molar-refractivity contribution in [3.05, 3.63) is 18.7 Å². The van der Waals surface area contributed by atoms with Gasteiger partial charge in [-0.25, -0.2) is 4.98 Å². The Morgan fingerprint density at radius 3 is 2.68 bits per heavy atom. The van der Waals surface area contributed by atoms with Crippen LogP contribution < -0.4 is 5.32 Å². The van der Waals surface area contributed by atoms with Crippen molar-refractivity contribution < 1.29 is 4.79 Å². The fourth-order valence-electron chi connectivity index (χ4n) is 3.60. The lowest BCUT2D eigenvalue weighted by Gasteiger charge is -2.26. The van der Waals surface area contributed by atoms with Gasteiger partial charge in [-0.1, -0.05) is 19.3 Å². The zero-order chi connectivity index (χ0) is 13.1. The molecule has 2 fully saturated rings. The number of imidazole rings is 1. The van der Waals surface area contributed by atoms with E-state index in [1.165, 1.54) is 25.7 Å². The Balaban J connectivity index is 1.60. The average Bonchev–Trinajstić information content (AvgIpc) is 3.10. The summed E-state index contributed by atoms with van der Waals surface area (Å²) < 4.78 is 2.15. The van der Waals surface area contributed by atoms with Crippen molar-refractivity contribution in [1.82, 2.24) is 14.9 Å². The fraction of sp³-hybridized carbons (Fsp3) is 0.733. The molecular weight excluding hydrogens is 238 g/mol. The predicted octanol–water partition coefficient (Wildman–Crippen LogP) is 2.67. The van der Waals surface area contributed by atoms with Gasteiger partial charge in [-0.2, -0.15) is 0 Å². The normalized spacial score (nSPS) is 28.4. The van der Waals surface area contributed by atoms with Gasteiger partial charge in [0.1, 0.15) is 0 Å². The van der Waals surface area contributed by atoms with Crippen LogP contribution in [-0.2, 0) is 4.79 Å². The van der Waals surface area contributed by atoms with Crippen molar-refractivity contribution in [2.24, 2.45) is 5.92 Å². The van der Waals surface area contributed by atoms with Crippen LogP contribution in [-0.4, -0.2) is 21.5 Å². The Morgan fingerprint density at radius 2 is 1.95 bits per heavy atom. The standard InChI is InChI=1S/C15H23N3O/c19-15(12-5-2-1-3-6-12)17-13-7-4-8-14(13)18-10-9-16-11-18/h9-14H,1-8H2,(H,17,19)/t13-,14-/m1/s1. The Labute approximate surface area is 114 Å². The SMILES string of the molecule is O=C(N[C@@H]1CCC[C@H]1n1ccnc1)C1CCCCC1. The Bertz CT molecular complexity index is 409. The van der Waals surface area contributed by atoms with Gasteiger partial charge < -0.3 is 9.88 Å². The highest BCUT2D eigenvalue weighted by atomic mass is 16.1. The van der Waals surface area contributed by atoms with Gasteiger partial charge in [0.15, 0.2) is 0 Å². The number of aromatic nitrogens is 2. The lowest BCUT2D eigenvalue weighted by molar-refractivity contribution is -0.126. The molecule has 4 heteroatoms. The second-order valence-corrected chi connectivity index (χ2v) is 5.96. The first-order valence-electron chi connectivity index (χ1n) is 7.62. The van der Waals surface area contributed by atoms with Crippen LogP contribution >= 0.6 is 0 Å². The smallest absolute Gasteiger partial charge is 0.223 e. The number of hydrogen-bond acceptors (Lipinski definition) is 2. The molecule has 2 atom stereocenters. The molecule has 0 saturated heterocycles. The molecule has 1 aromatic rings. The number of hydrogen-bond donors (Lipinski definition) is 1. The third-order valence-corrected chi connectivity index (χ3v) is 4.69.